The van der Waals surface area contributed by atoms with Crippen molar-refractivity contribution in [3.8, 4) is 0 Å². The SMILES string of the molecule is O=C([O-])[C@H]1C[C@H](O)CN1C(=O)c1ccco1. The Balaban J connectivity index is 2.20. The normalized spacial score (nSPS) is 24.7. The summed E-state index contributed by atoms with van der Waals surface area (Å²) < 4.78 is 4.88. The third-order valence-electron chi connectivity index (χ3n) is 2.54. The zero-order valence-corrected chi connectivity index (χ0v) is 8.33. The summed E-state index contributed by atoms with van der Waals surface area (Å²) in [6, 6.07) is 1.89. The molecule has 1 fully saturated rings. The molecule has 1 N–H and O–H groups in total. The summed E-state index contributed by atoms with van der Waals surface area (Å²) in [5.41, 5.74) is 0. The Morgan fingerprint density at radius 1 is 1.56 bits per heavy atom. The van der Waals surface area contributed by atoms with Gasteiger partial charge in [-0.05, 0) is 12.1 Å². The van der Waals surface area contributed by atoms with Gasteiger partial charge in [-0.3, -0.25) is 4.79 Å². The number of furan rings is 1. The smallest absolute Gasteiger partial charge is 0.290 e. The molecule has 1 aromatic rings. The second-order valence-corrected chi connectivity index (χ2v) is 3.66. The van der Waals surface area contributed by atoms with Crippen LogP contribution in [-0.2, 0) is 4.79 Å². The minimum atomic E-state index is -1.36. The lowest BCUT2D eigenvalue weighted by atomic mass is 10.2. The van der Waals surface area contributed by atoms with E-state index in [-0.39, 0.29) is 18.7 Å². The monoisotopic (exact) mass is 224 g/mol. The number of aliphatic hydroxyl groups is 1. The third-order valence-corrected chi connectivity index (χ3v) is 2.54. The Bertz CT molecular complexity index is 399. The highest BCUT2D eigenvalue weighted by atomic mass is 16.4. The summed E-state index contributed by atoms with van der Waals surface area (Å²) in [6.07, 6.45) is 0.490. The van der Waals surface area contributed by atoms with Gasteiger partial charge in [0, 0.05) is 13.0 Å². The number of hydrogen-bond acceptors (Lipinski definition) is 5. The highest BCUT2D eigenvalue weighted by Gasteiger charge is 2.36. The van der Waals surface area contributed by atoms with E-state index >= 15 is 0 Å². The zero-order valence-electron chi connectivity index (χ0n) is 8.33. The summed E-state index contributed by atoms with van der Waals surface area (Å²) in [6.45, 7) is -0.0157. The van der Waals surface area contributed by atoms with E-state index in [2.05, 4.69) is 0 Å². The molecule has 6 heteroatoms. The molecule has 0 unspecified atom stereocenters. The molecule has 86 valence electrons. The van der Waals surface area contributed by atoms with E-state index in [1.807, 2.05) is 0 Å². The Hall–Kier alpha value is -1.82. The molecule has 2 heterocycles. The minimum absolute atomic E-state index is 0.00518. The lowest BCUT2D eigenvalue weighted by Crippen LogP contribution is -2.46. The summed E-state index contributed by atoms with van der Waals surface area (Å²) >= 11 is 0. The minimum Gasteiger partial charge on any atom is -0.548 e. The number of carboxylic acids is 1. The number of carbonyl (C=O) groups is 2. The molecule has 0 radical (unpaired) electrons. The number of carboxylic acid groups (broad SMARTS) is 1. The fourth-order valence-electron chi connectivity index (χ4n) is 1.80. The first-order valence-electron chi connectivity index (χ1n) is 4.83. The maximum absolute atomic E-state index is 11.8. The van der Waals surface area contributed by atoms with Gasteiger partial charge in [-0.25, -0.2) is 0 Å². The number of hydrogen-bond donors (Lipinski definition) is 1. The Labute approximate surface area is 91.1 Å². The molecule has 1 saturated heterocycles. The van der Waals surface area contributed by atoms with Crippen LogP contribution < -0.4 is 5.11 Å². The largest absolute Gasteiger partial charge is 0.548 e. The number of likely N-dealkylation sites (tertiary alicyclic amines) is 1. The van der Waals surface area contributed by atoms with Crippen molar-refractivity contribution in [1.82, 2.24) is 4.90 Å². The van der Waals surface area contributed by atoms with Gasteiger partial charge in [0.2, 0.25) is 0 Å². The molecule has 0 aliphatic carbocycles. The van der Waals surface area contributed by atoms with Gasteiger partial charge in [-0.1, -0.05) is 0 Å². The topological polar surface area (TPSA) is 93.8 Å². The first kappa shape index (κ1) is 10.7. The van der Waals surface area contributed by atoms with E-state index in [9.17, 15) is 19.8 Å². The molecule has 2 atom stereocenters. The van der Waals surface area contributed by atoms with Gasteiger partial charge in [-0.2, -0.15) is 0 Å². The van der Waals surface area contributed by atoms with Crippen molar-refractivity contribution in [2.24, 2.45) is 0 Å². The van der Waals surface area contributed by atoms with Crippen LogP contribution in [0.3, 0.4) is 0 Å². The van der Waals surface area contributed by atoms with Gasteiger partial charge in [0.15, 0.2) is 5.76 Å². The fraction of sp³-hybridized carbons (Fsp3) is 0.400. The average Bonchev–Trinajstić information content (AvgIpc) is 2.84. The van der Waals surface area contributed by atoms with Crippen LogP contribution in [0, 0.1) is 0 Å². The molecule has 2 rings (SSSR count). The maximum atomic E-state index is 11.8. The van der Waals surface area contributed by atoms with Gasteiger partial charge in [0.25, 0.3) is 5.91 Å². The summed E-state index contributed by atoms with van der Waals surface area (Å²) in [4.78, 5) is 23.6. The Kier molecular flexibility index (Phi) is 2.66. The molecule has 1 aliphatic heterocycles. The van der Waals surface area contributed by atoms with Crippen molar-refractivity contribution in [2.75, 3.05) is 6.54 Å². The number of nitrogens with zero attached hydrogens (tertiary/aromatic N) is 1. The zero-order chi connectivity index (χ0) is 11.7. The first-order valence-corrected chi connectivity index (χ1v) is 4.83. The number of β-amino-alcohol motifs (C(OH)–C–C–N with tert-alkyl or cyclic N) is 1. The molecule has 0 saturated carbocycles. The van der Waals surface area contributed by atoms with Crippen LogP contribution in [-0.4, -0.2) is 40.6 Å². The van der Waals surface area contributed by atoms with Crippen LogP contribution in [0.15, 0.2) is 22.8 Å². The van der Waals surface area contributed by atoms with Gasteiger partial charge in [0.05, 0.1) is 24.4 Å². The predicted octanol–water partition coefficient (Wildman–Crippen LogP) is -1.40. The molecule has 0 bridgehead atoms. The molecule has 1 aromatic heterocycles. The van der Waals surface area contributed by atoms with Crippen LogP contribution in [0.5, 0.6) is 0 Å². The highest BCUT2D eigenvalue weighted by Crippen LogP contribution is 2.20. The number of amides is 1. The van der Waals surface area contributed by atoms with Crippen molar-refractivity contribution >= 4 is 11.9 Å². The van der Waals surface area contributed by atoms with E-state index in [1.54, 1.807) is 0 Å². The average molecular weight is 224 g/mol. The van der Waals surface area contributed by atoms with Crippen molar-refractivity contribution in [3.63, 3.8) is 0 Å². The first-order chi connectivity index (χ1) is 7.59. The second kappa shape index (κ2) is 3.97. The molecule has 6 nitrogen and oxygen atoms in total. The summed E-state index contributed by atoms with van der Waals surface area (Å²) in [7, 11) is 0. The van der Waals surface area contributed by atoms with Crippen LogP contribution in [0.2, 0.25) is 0 Å². The van der Waals surface area contributed by atoms with Crippen molar-refractivity contribution in [2.45, 2.75) is 18.6 Å². The summed E-state index contributed by atoms with van der Waals surface area (Å²) in [5, 5.41) is 20.1. The Morgan fingerprint density at radius 3 is 2.88 bits per heavy atom. The summed E-state index contributed by atoms with van der Waals surface area (Å²) in [5.74, 6) is -1.85. The van der Waals surface area contributed by atoms with Gasteiger partial charge in [-0.15, -0.1) is 0 Å². The van der Waals surface area contributed by atoms with Crippen molar-refractivity contribution in [3.05, 3.63) is 24.2 Å². The predicted molar refractivity (Wildman–Crippen MR) is 49.2 cm³/mol. The van der Waals surface area contributed by atoms with E-state index in [1.165, 1.54) is 18.4 Å². The van der Waals surface area contributed by atoms with E-state index in [0.717, 1.165) is 4.90 Å². The van der Waals surface area contributed by atoms with E-state index < -0.39 is 24.0 Å². The molecule has 0 spiro atoms. The highest BCUT2D eigenvalue weighted by molar-refractivity contribution is 5.94. The lowest BCUT2D eigenvalue weighted by molar-refractivity contribution is -0.310. The standard InChI is InChI=1S/C10H11NO5/c12-6-4-7(10(14)15)11(5-6)9(13)8-2-1-3-16-8/h1-3,6-7,12H,4-5H2,(H,14,15)/p-1/t6-,7+/m0/s1. The number of aliphatic hydroxyl groups excluding tert-OH is 1. The van der Waals surface area contributed by atoms with Gasteiger partial charge < -0.3 is 24.3 Å². The molecular weight excluding hydrogens is 214 g/mol. The fourth-order valence-corrected chi connectivity index (χ4v) is 1.80. The third kappa shape index (κ3) is 1.79. The quantitative estimate of drug-likeness (QED) is 0.667. The van der Waals surface area contributed by atoms with Crippen LogP contribution >= 0.6 is 0 Å². The lowest BCUT2D eigenvalue weighted by Gasteiger charge is -2.23. The van der Waals surface area contributed by atoms with Crippen molar-refractivity contribution in [1.29, 1.82) is 0 Å². The molecule has 1 amide bonds. The molecule has 0 aromatic carbocycles. The Morgan fingerprint density at radius 2 is 2.31 bits per heavy atom. The second-order valence-electron chi connectivity index (χ2n) is 3.66. The molecular formula is C10H10NO5-. The van der Waals surface area contributed by atoms with E-state index in [0.29, 0.717) is 0 Å². The van der Waals surface area contributed by atoms with Crippen LogP contribution in [0.25, 0.3) is 0 Å². The van der Waals surface area contributed by atoms with Gasteiger partial charge in [0.1, 0.15) is 0 Å². The van der Waals surface area contributed by atoms with Gasteiger partial charge >= 0.3 is 0 Å². The number of rotatable bonds is 2. The maximum Gasteiger partial charge on any atom is 0.290 e. The molecule has 1 aliphatic rings. The van der Waals surface area contributed by atoms with Crippen LogP contribution in [0.4, 0.5) is 0 Å². The van der Waals surface area contributed by atoms with E-state index in [4.69, 9.17) is 4.42 Å². The number of carbonyl (C=O) groups excluding carboxylic acids is 2. The van der Waals surface area contributed by atoms with Crippen molar-refractivity contribution < 1.29 is 24.2 Å². The van der Waals surface area contributed by atoms with Crippen LogP contribution in [0.1, 0.15) is 17.0 Å². The molecule has 16 heavy (non-hydrogen) atoms. The number of aliphatic carboxylic acids is 1.